The molecule has 0 aliphatic heterocycles. The number of hydrogen-bond acceptors (Lipinski definition) is 1. The number of alkyl halides is 1. The van der Waals surface area contributed by atoms with E-state index >= 15 is 4.39 Å². The summed E-state index contributed by atoms with van der Waals surface area (Å²) in [4.78, 5) is 0. The third kappa shape index (κ3) is 7.22. The molecule has 0 spiro atoms. The molecule has 1 aromatic rings. The first kappa shape index (κ1) is 24.1. The van der Waals surface area contributed by atoms with Crippen molar-refractivity contribution in [2.75, 3.05) is 6.61 Å². The summed E-state index contributed by atoms with van der Waals surface area (Å²) in [5.74, 6) is -0.481. The normalized spacial score (nSPS) is 21.7. The second-order valence-corrected chi connectivity index (χ2v) is 8.96. The van der Waals surface area contributed by atoms with Crippen molar-refractivity contribution in [1.29, 1.82) is 0 Å². The molecule has 0 amide bonds. The van der Waals surface area contributed by atoms with Crippen molar-refractivity contribution in [2.45, 2.75) is 103 Å². The zero-order valence-electron chi connectivity index (χ0n) is 18.5. The Morgan fingerprint density at radius 2 is 1.55 bits per heavy atom. The highest BCUT2D eigenvalue weighted by molar-refractivity contribution is 5.31. The lowest BCUT2D eigenvalue weighted by molar-refractivity contribution is 0.0591. The van der Waals surface area contributed by atoms with E-state index in [1.54, 1.807) is 6.92 Å². The molecule has 1 aliphatic carbocycles. The Bertz CT molecular complexity index is 610. The molecule has 2 rings (SSSR count). The van der Waals surface area contributed by atoms with Crippen molar-refractivity contribution >= 4 is 0 Å². The average Bonchev–Trinajstić information content (AvgIpc) is 2.71. The SMILES string of the molecule is CCCC(F)(CCC[C@H]1CC[C@H](CCC)CC1)COc1ccc(CC)c(F)c1F. The van der Waals surface area contributed by atoms with E-state index in [-0.39, 0.29) is 12.4 Å². The monoisotopic (exact) mass is 412 g/mol. The van der Waals surface area contributed by atoms with Crippen LogP contribution >= 0.6 is 0 Å². The van der Waals surface area contributed by atoms with Crippen LogP contribution in [0.3, 0.4) is 0 Å². The van der Waals surface area contributed by atoms with Crippen LogP contribution in [0, 0.1) is 23.5 Å². The largest absolute Gasteiger partial charge is 0.487 e. The van der Waals surface area contributed by atoms with Crippen molar-refractivity contribution in [3.63, 3.8) is 0 Å². The quantitative estimate of drug-likeness (QED) is 0.336. The molecule has 1 nitrogen and oxygen atoms in total. The van der Waals surface area contributed by atoms with Gasteiger partial charge in [-0.15, -0.1) is 0 Å². The average molecular weight is 413 g/mol. The van der Waals surface area contributed by atoms with Gasteiger partial charge in [0, 0.05) is 0 Å². The molecule has 0 bridgehead atoms. The number of benzene rings is 1. The van der Waals surface area contributed by atoms with E-state index in [0.29, 0.717) is 37.2 Å². The topological polar surface area (TPSA) is 9.23 Å². The summed E-state index contributed by atoms with van der Waals surface area (Å²) in [6.07, 6.45) is 11.6. The van der Waals surface area contributed by atoms with E-state index in [1.165, 1.54) is 50.7 Å². The smallest absolute Gasteiger partial charge is 0.200 e. The van der Waals surface area contributed by atoms with E-state index in [9.17, 15) is 8.78 Å². The molecule has 1 aliphatic rings. The first-order valence-electron chi connectivity index (χ1n) is 11.7. The lowest BCUT2D eigenvalue weighted by Crippen LogP contribution is -2.31. The van der Waals surface area contributed by atoms with Crippen molar-refractivity contribution in [2.24, 2.45) is 11.8 Å². The molecule has 1 fully saturated rings. The minimum absolute atomic E-state index is 0.188. The van der Waals surface area contributed by atoms with Crippen molar-refractivity contribution in [3.8, 4) is 5.75 Å². The van der Waals surface area contributed by atoms with Crippen LogP contribution in [0.25, 0.3) is 0 Å². The summed E-state index contributed by atoms with van der Waals surface area (Å²) < 4.78 is 49.0. The summed E-state index contributed by atoms with van der Waals surface area (Å²) in [5, 5.41) is 0. The van der Waals surface area contributed by atoms with Gasteiger partial charge in [-0.05, 0) is 49.1 Å². The Morgan fingerprint density at radius 3 is 2.14 bits per heavy atom. The van der Waals surface area contributed by atoms with Gasteiger partial charge < -0.3 is 4.74 Å². The molecule has 166 valence electrons. The fourth-order valence-electron chi connectivity index (χ4n) is 4.81. The third-order valence-electron chi connectivity index (χ3n) is 6.59. The van der Waals surface area contributed by atoms with Gasteiger partial charge in [0.25, 0.3) is 0 Å². The molecule has 0 heterocycles. The summed E-state index contributed by atoms with van der Waals surface area (Å²) in [5.41, 5.74) is -1.18. The summed E-state index contributed by atoms with van der Waals surface area (Å²) in [6.45, 7) is 5.75. The first-order valence-corrected chi connectivity index (χ1v) is 11.7. The second-order valence-electron chi connectivity index (χ2n) is 8.96. The minimum Gasteiger partial charge on any atom is -0.487 e. The molecular weight excluding hydrogens is 373 g/mol. The molecule has 0 N–H and O–H groups in total. The lowest BCUT2D eigenvalue weighted by Gasteiger charge is -2.30. The Hall–Kier alpha value is -1.19. The van der Waals surface area contributed by atoms with Crippen LogP contribution in [0.15, 0.2) is 12.1 Å². The molecule has 1 aromatic carbocycles. The zero-order valence-corrected chi connectivity index (χ0v) is 18.5. The molecule has 4 heteroatoms. The van der Waals surface area contributed by atoms with Crippen LogP contribution in [-0.4, -0.2) is 12.3 Å². The van der Waals surface area contributed by atoms with Crippen molar-refractivity contribution in [3.05, 3.63) is 29.3 Å². The van der Waals surface area contributed by atoms with Crippen LogP contribution in [0.1, 0.15) is 97.0 Å². The molecular formula is C25H39F3O. The summed E-state index contributed by atoms with van der Waals surface area (Å²) in [6, 6.07) is 2.93. The van der Waals surface area contributed by atoms with Crippen LogP contribution in [-0.2, 0) is 6.42 Å². The maximum absolute atomic E-state index is 15.4. The minimum atomic E-state index is -1.49. The predicted octanol–water partition coefficient (Wildman–Crippen LogP) is 8.19. The van der Waals surface area contributed by atoms with E-state index < -0.39 is 17.3 Å². The maximum Gasteiger partial charge on any atom is 0.200 e. The summed E-state index contributed by atoms with van der Waals surface area (Å²) in [7, 11) is 0. The van der Waals surface area contributed by atoms with Crippen LogP contribution in [0.4, 0.5) is 13.2 Å². The molecule has 29 heavy (non-hydrogen) atoms. The van der Waals surface area contributed by atoms with E-state index in [0.717, 1.165) is 18.8 Å². The number of ether oxygens (including phenoxy) is 1. The van der Waals surface area contributed by atoms with Gasteiger partial charge in [-0.25, -0.2) is 8.78 Å². The predicted molar refractivity (Wildman–Crippen MR) is 114 cm³/mol. The number of rotatable bonds is 12. The van der Waals surface area contributed by atoms with E-state index in [1.807, 2.05) is 6.92 Å². The standard InChI is InChI=1S/C25H39F3O/c1-4-8-19-10-12-20(13-11-19)9-7-17-25(28,16-5-2)18-29-22-15-14-21(6-3)23(26)24(22)27/h14-15,19-20H,4-13,16-18H2,1-3H3/t19-,20-,25?. The van der Waals surface area contributed by atoms with Crippen molar-refractivity contribution < 1.29 is 17.9 Å². The third-order valence-corrected chi connectivity index (χ3v) is 6.59. The number of aryl methyl sites for hydroxylation is 1. The summed E-state index contributed by atoms with van der Waals surface area (Å²) >= 11 is 0. The lowest BCUT2D eigenvalue weighted by atomic mass is 9.77. The zero-order chi connectivity index (χ0) is 21.3. The number of halogens is 3. The molecule has 0 saturated heterocycles. The molecule has 0 radical (unpaired) electrons. The van der Waals surface area contributed by atoms with Gasteiger partial charge >= 0.3 is 0 Å². The van der Waals surface area contributed by atoms with Crippen LogP contribution in [0.5, 0.6) is 5.75 Å². The van der Waals surface area contributed by atoms with E-state index in [4.69, 9.17) is 4.74 Å². The van der Waals surface area contributed by atoms with Gasteiger partial charge in [-0.2, -0.15) is 4.39 Å². The van der Waals surface area contributed by atoms with Gasteiger partial charge in [0.05, 0.1) is 0 Å². The molecule has 1 unspecified atom stereocenters. The van der Waals surface area contributed by atoms with Gasteiger partial charge in [0.2, 0.25) is 5.82 Å². The number of hydrogen-bond donors (Lipinski definition) is 0. The Morgan fingerprint density at radius 1 is 0.897 bits per heavy atom. The van der Waals surface area contributed by atoms with Crippen LogP contribution < -0.4 is 4.74 Å². The second kappa shape index (κ2) is 11.9. The van der Waals surface area contributed by atoms with Crippen LogP contribution in [0.2, 0.25) is 0 Å². The molecule has 0 aromatic heterocycles. The molecule has 1 saturated carbocycles. The van der Waals surface area contributed by atoms with Crippen molar-refractivity contribution in [1.82, 2.24) is 0 Å². The Labute approximate surface area is 175 Å². The van der Waals surface area contributed by atoms with Gasteiger partial charge in [-0.3, -0.25) is 0 Å². The highest BCUT2D eigenvalue weighted by atomic mass is 19.2. The maximum atomic E-state index is 15.4. The van der Waals surface area contributed by atoms with Gasteiger partial charge in [0.15, 0.2) is 11.6 Å². The van der Waals surface area contributed by atoms with Gasteiger partial charge in [-0.1, -0.05) is 78.2 Å². The Kier molecular flexibility index (Phi) is 9.85. The highest BCUT2D eigenvalue weighted by Gasteiger charge is 2.31. The van der Waals surface area contributed by atoms with E-state index in [2.05, 4.69) is 6.92 Å². The van der Waals surface area contributed by atoms with Gasteiger partial charge in [0.1, 0.15) is 12.3 Å². The highest BCUT2D eigenvalue weighted by Crippen LogP contribution is 2.36. The molecule has 1 atom stereocenters. The fourth-order valence-corrected chi connectivity index (χ4v) is 4.81. The fraction of sp³-hybridized carbons (Fsp3) is 0.760. The Balaban J connectivity index is 1.84. The first-order chi connectivity index (χ1) is 13.9.